The molecule has 1 aromatic rings. The van der Waals surface area contributed by atoms with Crippen molar-refractivity contribution in [2.45, 2.75) is 39.2 Å². The van der Waals surface area contributed by atoms with Crippen molar-refractivity contribution in [2.24, 2.45) is 11.7 Å². The number of rotatable bonds is 5. The van der Waals surface area contributed by atoms with E-state index in [9.17, 15) is 9.59 Å². The van der Waals surface area contributed by atoms with E-state index < -0.39 is 6.10 Å². The van der Waals surface area contributed by atoms with E-state index in [4.69, 9.17) is 10.5 Å². The molecule has 2 amide bonds. The number of piperidine rings is 1. The Kier molecular flexibility index (Phi) is 5.41. The SMILES string of the molecule is CC[C@@H](Oc1ccc(C)cc1)C(=O)N1CCC(C(N)=O)CC1. The molecule has 2 rings (SSSR count). The van der Waals surface area contributed by atoms with Crippen molar-refractivity contribution in [3.63, 3.8) is 0 Å². The number of nitrogens with two attached hydrogens (primary N) is 1. The fraction of sp³-hybridized carbons (Fsp3) is 0.529. The topological polar surface area (TPSA) is 72.6 Å². The number of hydrogen-bond acceptors (Lipinski definition) is 3. The van der Waals surface area contributed by atoms with Crippen LogP contribution < -0.4 is 10.5 Å². The molecule has 2 N–H and O–H groups in total. The third-order valence-electron chi connectivity index (χ3n) is 4.15. The van der Waals surface area contributed by atoms with E-state index in [-0.39, 0.29) is 17.7 Å². The number of aryl methyl sites for hydroxylation is 1. The number of hydrogen-bond donors (Lipinski definition) is 1. The van der Waals surface area contributed by atoms with Crippen LogP contribution in [0.15, 0.2) is 24.3 Å². The average molecular weight is 304 g/mol. The highest BCUT2D eigenvalue weighted by molar-refractivity contribution is 5.82. The number of amides is 2. The zero-order chi connectivity index (χ0) is 16.1. The van der Waals surface area contributed by atoms with Crippen LogP contribution in [0.3, 0.4) is 0 Å². The fourth-order valence-electron chi connectivity index (χ4n) is 2.68. The Balaban J connectivity index is 1.94. The van der Waals surface area contributed by atoms with Gasteiger partial charge in [0, 0.05) is 19.0 Å². The monoisotopic (exact) mass is 304 g/mol. The van der Waals surface area contributed by atoms with Gasteiger partial charge in [0.1, 0.15) is 5.75 Å². The van der Waals surface area contributed by atoms with Crippen molar-refractivity contribution in [2.75, 3.05) is 13.1 Å². The Bertz CT molecular complexity index is 519. The van der Waals surface area contributed by atoms with Gasteiger partial charge < -0.3 is 15.4 Å². The predicted molar refractivity (Wildman–Crippen MR) is 84.4 cm³/mol. The molecule has 1 atom stereocenters. The van der Waals surface area contributed by atoms with Crippen molar-refractivity contribution in [1.82, 2.24) is 4.90 Å². The Labute approximate surface area is 131 Å². The summed E-state index contributed by atoms with van der Waals surface area (Å²) in [4.78, 5) is 25.5. The van der Waals surface area contributed by atoms with Gasteiger partial charge in [0.25, 0.3) is 5.91 Å². The minimum Gasteiger partial charge on any atom is -0.481 e. The lowest BCUT2D eigenvalue weighted by molar-refractivity contribution is -0.141. The van der Waals surface area contributed by atoms with Crippen molar-refractivity contribution in [3.05, 3.63) is 29.8 Å². The molecule has 1 aliphatic heterocycles. The lowest BCUT2D eigenvalue weighted by Crippen LogP contribution is -2.47. The highest BCUT2D eigenvalue weighted by atomic mass is 16.5. The normalized spacial score (nSPS) is 17.1. The summed E-state index contributed by atoms with van der Waals surface area (Å²) in [7, 11) is 0. The number of carbonyl (C=O) groups is 2. The molecule has 0 aliphatic carbocycles. The third-order valence-corrected chi connectivity index (χ3v) is 4.15. The predicted octanol–water partition coefficient (Wildman–Crippen LogP) is 1.88. The first-order valence-electron chi connectivity index (χ1n) is 7.82. The Hall–Kier alpha value is -2.04. The number of nitrogens with zero attached hydrogens (tertiary/aromatic N) is 1. The molecule has 0 unspecified atom stereocenters. The first-order valence-corrected chi connectivity index (χ1v) is 7.82. The molecule has 0 saturated carbocycles. The van der Waals surface area contributed by atoms with E-state index in [1.807, 2.05) is 38.1 Å². The van der Waals surface area contributed by atoms with Gasteiger partial charge in [-0.25, -0.2) is 0 Å². The number of carbonyl (C=O) groups excluding carboxylic acids is 2. The van der Waals surface area contributed by atoms with Crippen LogP contribution in [0.4, 0.5) is 0 Å². The van der Waals surface area contributed by atoms with Crippen LogP contribution in [-0.2, 0) is 9.59 Å². The Morgan fingerprint density at radius 2 is 1.86 bits per heavy atom. The minimum absolute atomic E-state index is 0.00834. The average Bonchev–Trinajstić information content (AvgIpc) is 2.53. The molecule has 0 spiro atoms. The number of likely N-dealkylation sites (tertiary alicyclic amines) is 1. The first kappa shape index (κ1) is 16.3. The molecule has 5 heteroatoms. The summed E-state index contributed by atoms with van der Waals surface area (Å²) >= 11 is 0. The van der Waals surface area contributed by atoms with Crippen LogP contribution >= 0.6 is 0 Å². The lowest BCUT2D eigenvalue weighted by Gasteiger charge is -2.33. The van der Waals surface area contributed by atoms with Gasteiger partial charge in [-0.1, -0.05) is 24.6 Å². The van der Waals surface area contributed by atoms with Crippen LogP contribution in [-0.4, -0.2) is 35.9 Å². The number of benzene rings is 1. The van der Waals surface area contributed by atoms with E-state index in [0.29, 0.717) is 38.1 Å². The maximum atomic E-state index is 12.6. The number of ether oxygens (including phenoxy) is 1. The molecule has 1 fully saturated rings. The largest absolute Gasteiger partial charge is 0.481 e. The van der Waals surface area contributed by atoms with Crippen LogP contribution in [0.5, 0.6) is 5.75 Å². The number of primary amides is 1. The van der Waals surface area contributed by atoms with E-state index in [0.717, 1.165) is 5.56 Å². The van der Waals surface area contributed by atoms with E-state index in [1.165, 1.54) is 0 Å². The van der Waals surface area contributed by atoms with Gasteiger partial charge in [-0.3, -0.25) is 9.59 Å². The summed E-state index contributed by atoms with van der Waals surface area (Å²) in [5.74, 6) is 0.320. The molecule has 5 nitrogen and oxygen atoms in total. The van der Waals surface area contributed by atoms with Crippen LogP contribution in [0, 0.1) is 12.8 Å². The highest BCUT2D eigenvalue weighted by Crippen LogP contribution is 2.20. The van der Waals surface area contributed by atoms with Gasteiger partial charge in [-0.05, 0) is 38.3 Å². The van der Waals surface area contributed by atoms with Gasteiger partial charge in [-0.2, -0.15) is 0 Å². The molecule has 22 heavy (non-hydrogen) atoms. The summed E-state index contributed by atoms with van der Waals surface area (Å²) < 4.78 is 5.83. The van der Waals surface area contributed by atoms with Crippen LogP contribution in [0.1, 0.15) is 31.7 Å². The van der Waals surface area contributed by atoms with Crippen LogP contribution in [0.25, 0.3) is 0 Å². The summed E-state index contributed by atoms with van der Waals surface area (Å²) in [6.45, 7) is 5.09. The van der Waals surface area contributed by atoms with Crippen LogP contribution in [0.2, 0.25) is 0 Å². The summed E-state index contributed by atoms with van der Waals surface area (Å²) in [5, 5.41) is 0. The van der Waals surface area contributed by atoms with Crippen molar-refractivity contribution < 1.29 is 14.3 Å². The summed E-state index contributed by atoms with van der Waals surface area (Å²) in [5.41, 5.74) is 6.47. The van der Waals surface area contributed by atoms with Gasteiger partial charge in [0.15, 0.2) is 6.10 Å². The maximum Gasteiger partial charge on any atom is 0.263 e. The molecule has 0 bridgehead atoms. The van der Waals surface area contributed by atoms with Crippen molar-refractivity contribution in [1.29, 1.82) is 0 Å². The molecule has 1 aromatic carbocycles. The second kappa shape index (κ2) is 7.29. The van der Waals surface area contributed by atoms with Crippen molar-refractivity contribution in [3.8, 4) is 5.75 Å². The lowest BCUT2D eigenvalue weighted by atomic mass is 9.96. The molecule has 120 valence electrons. The zero-order valence-electron chi connectivity index (χ0n) is 13.2. The van der Waals surface area contributed by atoms with Crippen molar-refractivity contribution >= 4 is 11.8 Å². The summed E-state index contributed by atoms with van der Waals surface area (Å²) in [6.07, 6.45) is 1.42. The molecular weight excluding hydrogens is 280 g/mol. The molecule has 0 radical (unpaired) electrons. The molecule has 1 heterocycles. The molecule has 1 aliphatic rings. The highest BCUT2D eigenvalue weighted by Gasteiger charge is 2.30. The van der Waals surface area contributed by atoms with E-state index in [2.05, 4.69) is 0 Å². The van der Waals surface area contributed by atoms with Gasteiger partial charge in [0.2, 0.25) is 5.91 Å². The third kappa shape index (κ3) is 4.00. The van der Waals surface area contributed by atoms with E-state index in [1.54, 1.807) is 4.90 Å². The van der Waals surface area contributed by atoms with Gasteiger partial charge in [0.05, 0.1) is 0 Å². The zero-order valence-corrected chi connectivity index (χ0v) is 13.2. The van der Waals surface area contributed by atoms with Gasteiger partial charge in [-0.15, -0.1) is 0 Å². The first-order chi connectivity index (χ1) is 10.5. The minimum atomic E-state index is -0.479. The van der Waals surface area contributed by atoms with Gasteiger partial charge >= 0.3 is 0 Å². The standard InChI is InChI=1S/C17H24N2O3/c1-3-15(22-14-6-4-12(2)5-7-14)17(21)19-10-8-13(9-11-19)16(18)20/h4-7,13,15H,3,8-11H2,1-2H3,(H2,18,20)/t15-/m1/s1. The fourth-order valence-corrected chi connectivity index (χ4v) is 2.68. The quantitative estimate of drug-likeness (QED) is 0.902. The molecule has 1 saturated heterocycles. The Morgan fingerprint density at radius 1 is 1.27 bits per heavy atom. The second-order valence-electron chi connectivity index (χ2n) is 5.83. The maximum absolute atomic E-state index is 12.6. The summed E-state index contributed by atoms with van der Waals surface area (Å²) in [6, 6.07) is 7.69. The molecular formula is C17H24N2O3. The Morgan fingerprint density at radius 3 is 2.36 bits per heavy atom. The smallest absolute Gasteiger partial charge is 0.263 e. The second-order valence-corrected chi connectivity index (χ2v) is 5.83. The van der Waals surface area contributed by atoms with E-state index >= 15 is 0 Å². The molecule has 0 aromatic heterocycles.